The van der Waals surface area contributed by atoms with E-state index in [2.05, 4.69) is 18.8 Å². The maximum Gasteiger partial charge on any atom is 0.338 e. The molecule has 0 atom stereocenters. The molecule has 1 aromatic carbocycles. The summed E-state index contributed by atoms with van der Waals surface area (Å²) in [5.74, 6) is -0.539. The normalized spacial score (nSPS) is 10.8. The van der Waals surface area contributed by atoms with Gasteiger partial charge in [0.1, 0.15) is 10.2 Å². The number of carbonyl (C=O) groups is 1. The Labute approximate surface area is 127 Å². The third kappa shape index (κ3) is 3.52. The molecule has 0 bridgehead atoms. The van der Waals surface area contributed by atoms with Gasteiger partial charge in [-0.2, -0.15) is 0 Å². The van der Waals surface area contributed by atoms with Gasteiger partial charge in [-0.1, -0.05) is 49.3 Å². The van der Waals surface area contributed by atoms with Gasteiger partial charge in [-0.15, -0.1) is 0 Å². The van der Waals surface area contributed by atoms with E-state index < -0.39 is 5.97 Å². The summed E-state index contributed by atoms with van der Waals surface area (Å²) in [5.41, 5.74) is 1.40. The Morgan fingerprint density at radius 1 is 1.20 bits per heavy atom. The predicted molar refractivity (Wildman–Crippen MR) is 80.9 cm³/mol. The van der Waals surface area contributed by atoms with E-state index in [4.69, 9.17) is 16.7 Å². The molecule has 0 amide bonds. The fourth-order valence-electron chi connectivity index (χ4n) is 1.69. The van der Waals surface area contributed by atoms with Gasteiger partial charge in [0.05, 0.1) is 5.56 Å². The van der Waals surface area contributed by atoms with Crippen LogP contribution in [0.4, 0.5) is 0 Å². The highest BCUT2D eigenvalue weighted by Crippen LogP contribution is 2.31. The van der Waals surface area contributed by atoms with Crippen molar-refractivity contribution in [3.63, 3.8) is 0 Å². The lowest BCUT2D eigenvalue weighted by molar-refractivity contribution is 0.0692. The molecule has 1 heterocycles. The largest absolute Gasteiger partial charge is 0.478 e. The smallest absolute Gasteiger partial charge is 0.338 e. The first-order valence-electron chi connectivity index (χ1n) is 6.15. The van der Waals surface area contributed by atoms with Crippen molar-refractivity contribution in [2.45, 2.75) is 29.7 Å². The number of nitrogens with zero attached hydrogens (tertiary/aromatic N) is 1. The van der Waals surface area contributed by atoms with E-state index in [9.17, 15) is 4.79 Å². The van der Waals surface area contributed by atoms with Crippen LogP contribution in [0.15, 0.2) is 46.3 Å². The topological polar surface area (TPSA) is 50.2 Å². The Kier molecular flexibility index (Phi) is 4.68. The highest BCUT2D eigenvalue weighted by atomic mass is 35.5. The number of hydrogen-bond donors (Lipinski definition) is 1. The van der Waals surface area contributed by atoms with E-state index in [1.54, 1.807) is 0 Å². The fourth-order valence-corrected chi connectivity index (χ4v) is 2.79. The Balaban J connectivity index is 2.29. The molecule has 3 nitrogen and oxygen atoms in total. The molecule has 0 unspecified atom stereocenters. The minimum absolute atomic E-state index is 0.160. The summed E-state index contributed by atoms with van der Waals surface area (Å²) in [5, 5.41) is 9.85. The monoisotopic (exact) mass is 307 g/mol. The standard InChI is InChI=1S/C15H14ClNO2S/c1-9(2)10-3-5-11(6-4-10)20-14-12(15(18)19)7-8-13(16)17-14/h3-9H,1-2H3,(H,18,19). The van der Waals surface area contributed by atoms with E-state index >= 15 is 0 Å². The molecule has 0 radical (unpaired) electrons. The van der Waals surface area contributed by atoms with Crippen LogP contribution in [0, 0.1) is 0 Å². The van der Waals surface area contributed by atoms with E-state index in [0.717, 1.165) is 4.90 Å². The van der Waals surface area contributed by atoms with E-state index in [1.165, 1.54) is 29.5 Å². The third-order valence-corrected chi connectivity index (χ3v) is 4.04. The third-order valence-electron chi connectivity index (χ3n) is 2.82. The number of benzene rings is 1. The average Bonchev–Trinajstić information content (AvgIpc) is 2.39. The zero-order valence-corrected chi connectivity index (χ0v) is 12.7. The van der Waals surface area contributed by atoms with Crippen LogP contribution in [0.2, 0.25) is 5.15 Å². The Morgan fingerprint density at radius 2 is 1.85 bits per heavy atom. The van der Waals surface area contributed by atoms with Gasteiger partial charge < -0.3 is 5.11 Å². The highest BCUT2D eigenvalue weighted by Gasteiger charge is 2.13. The highest BCUT2D eigenvalue weighted by molar-refractivity contribution is 7.99. The molecular formula is C15H14ClNO2S. The number of halogens is 1. The molecule has 1 aromatic heterocycles. The van der Waals surface area contributed by atoms with Crippen molar-refractivity contribution in [3.05, 3.63) is 52.7 Å². The van der Waals surface area contributed by atoms with E-state index in [1.807, 2.05) is 24.3 Å². The van der Waals surface area contributed by atoms with Crippen LogP contribution >= 0.6 is 23.4 Å². The number of carboxylic acid groups (broad SMARTS) is 1. The van der Waals surface area contributed by atoms with Gasteiger partial charge in [0.25, 0.3) is 0 Å². The molecule has 0 saturated heterocycles. The average molecular weight is 308 g/mol. The van der Waals surface area contributed by atoms with Crippen molar-refractivity contribution in [1.82, 2.24) is 4.98 Å². The lowest BCUT2D eigenvalue weighted by atomic mass is 10.0. The first-order chi connectivity index (χ1) is 9.47. The molecule has 0 aliphatic rings. The van der Waals surface area contributed by atoms with Crippen LogP contribution in [0.1, 0.15) is 35.7 Å². The van der Waals surface area contributed by atoms with Crippen LogP contribution in [-0.4, -0.2) is 16.1 Å². The second-order valence-electron chi connectivity index (χ2n) is 4.62. The van der Waals surface area contributed by atoms with Crippen LogP contribution in [0.3, 0.4) is 0 Å². The molecule has 2 aromatic rings. The van der Waals surface area contributed by atoms with Gasteiger partial charge in [-0.25, -0.2) is 9.78 Å². The molecular weight excluding hydrogens is 294 g/mol. The summed E-state index contributed by atoms with van der Waals surface area (Å²) in [7, 11) is 0. The molecule has 1 N–H and O–H groups in total. The van der Waals surface area contributed by atoms with Crippen molar-refractivity contribution in [2.24, 2.45) is 0 Å². The zero-order chi connectivity index (χ0) is 14.7. The molecule has 0 aliphatic heterocycles. The summed E-state index contributed by atoms with van der Waals surface area (Å²) in [4.78, 5) is 16.2. The zero-order valence-electron chi connectivity index (χ0n) is 11.1. The molecule has 0 aliphatic carbocycles. The van der Waals surface area contributed by atoms with Crippen molar-refractivity contribution >= 4 is 29.3 Å². The number of aromatic nitrogens is 1. The quantitative estimate of drug-likeness (QED) is 0.831. The van der Waals surface area contributed by atoms with Gasteiger partial charge >= 0.3 is 5.97 Å². The van der Waals surface area contributed by atoms with E-state index in [0.29, 0.717) is 10.9 Å². The Morgan fingerprint density at radius 3 is 2.40 bits per heavy atom. The van der Waals surface area contributed by atoms with Crippen molar-refractivity contribution in [2.75, 3.05) is 0 Å². The second kappa shape index (κ2) is 6.29. The Hall–Kier alpha value is -1.52. The lowest BCUT2D eigenvalue weighted by Crippen LogP contribution is -2.00. The van der Waals surface area contributed by atoms with Crippen LogP contribution in [0.25, 0.3) is 0 Å². The van der Waals surface area contributed by atoms with Crippen molar-refractivity contribution in [1.29, 1.82) is 0 Å². The number of carboxylic acids is 1. The number of hydrogen-bond acceptors (Lipinski definition) is 3. The maximum atomic E-state index is 11.2. The van der Waals surface area contributed by atoms with Crippen molar-refractivity contribution < 1.29 is 9.90 Å². The molecule has 0 fully saturated rings. The molecule has 20 heavy (non-hydrogen) atoms. The lowest BCUT2D eigenvalue weighted by Gasteiger charge is -2.08. The number of pyridine rings is 1. The SMILES string of the molecule is CC(C)c1ccc(Sc2nc(Cl)ccc2C(=O)O)cc1. The van der Waals surface area contributed by atoms with Gasteiger partial charge in [0, 0.05) is 4.90 Å². The molecule has 5 heteroatoms. The van der Waals surface area contributed by atoms with Crippen LogP contribution < -0.4 is 0 Å². The minimum atomic E-state index is -1.00. The van der Waals surface area contributed by atoms with Crippen LogP contribution in [-0.2, 0) is 0 Å². The molecule has 2 rings (SSSR count). The summed E-state index contributed by atoms with van der Waals surface area (Å²) >= 11 is 7.14. The van der Waals surface area contributed by atoms with Crippen LogP contribution in [0.5, 0.6) is 0 Å². The first kappa shape index (κ1) is 14.9. The maximum absolute atomic E-state index is 11.2. The summed E-state index contributed by atoms with van der Waals surface area (Å²) < 4.78 is 0. The molecule has 0 saturated carbocycles. The van der Waals surface area contributed by atoms with Gasteiger partial charge in [-0.05, 0) is 35.7 Å². The van der Waals surface area contributed by atoms with Gasteiger partial charge in [-0.3, -0.25) is 0 Å². The van der Waals surface area contributed by atoms with Gasteiger partial charge in [0.15, 0.2) is 0 Å². The van der Waals surface area contributed by atoms with Gasteiger partial charge in [0.2, 0.25) is 0 Å². The molecule has 104 valence electrons. The summed E-state index contributed by atoms with van der Waals surface area (Å²) in [6.07, 6.45) is 0. The second-order valence-corrected chi connectivity index (χ2v) is 6.07. The molecule has 0 spiro atoms. The predicted octanol–water partition coefficient (Wildman–Crippen LogP) is 4.71. The van der Waals surface area contributed by atoms with Crippen molar-refractivity contribution in [3.8, 4) is 0 Å². The summed E-state index contributed by atoms with van der Waals surface area (Å²) in [6, 6.07) is 11.0. The number of aromatic carboxylic acids is 1. The first-order valence-corrected chi connectivity index (χ1v) is 7.34. The fraction of sp³-hybridized carbons (Fsp3) is 0.200. The Bertz CT molecular complexity index is 626. The van der Waals surface area contributed by atoms with E-state index in [-0.39, 0.29) is 10.7 Å². The summed E-state index contributed by atoms with van der Waals surface area (Å²) in [6.45, 7) is 4.26. The number of rotatable bonds is 4. The minimum Gasteiger partial charge on any atom is -0.478 e.